The highest BCUT2D eigenvalue weighted by Gasteiger charge is 2.23. The van der Waals surface area contributed by atoms with Crippen molar-refractivity contribution in [3.05, 3.63) is 28.8 Å². The lowest BCUT2D eigenvalue weighted by molar-refractivity contribution is 0.675. The number of hydrogen-bond donors (Lipinski definition) is 1. The predicted molar refractivity (Wildman–Crippen MR) is 79.4 cm³/mol. The van der Waals surface area contributed by atoms with Crippen molar-refractivity contribution in [2.45, 2.75) is 32.7 Å². The molecule has 0 amide bonds. The monoisotopic (exact) mass is 266 g/mol. The summed E-state index contributed by atoms with van der Waals surface area (Å²) >= 11 is 6.37. The van der Waals surface area contributed by atoms with Crippen LogP contribution in [-0.2, 0) is 6.54 Å². The highest BCUT2D eigenvalue weighted by molar-refractivity contribution is 6.33. The quantitative estimate of drug-likeness (QED) is 0.758. The second kappa shape index (κ2) is 6.44. The summed E-state index contributed by atoms with van der Waals surface area (Å²) in [6, 6.07) is 6.41. The van der Waals surface area contributed by atoms with Gasteiger partial charge in [0.1, 0.15) is 0 Å². The van der Waals surface area contributed by atoms with Crippen LogP contribution in [0.5, 0.6) is 0 Å². The lowest BCUT2D eigenvalue weighted by Gasteiger charge is -2.21. The fourth-order valence-corrected chi connectivity index (χ4v) is 2.51. The maximum Gasteiger partial charge on any atom is 0.0642 e. The van der Waals surface area contributed by atoms with E-state index in [1.165, 1.54) is 18.4 Å². The van der Waals surface area contributed by atoms with E-state index >= 15 is 0 Å². The summed E-state index contributed by atoms with van der Waals surface area (Å²) in [4.78, 5) is 2.28. The molecule has 0 spiro atoms. The van der Waals surface area contributed by atoms with Crippen LogP contribution in [0.1, 0.15) is 31.7 Å². The van der Waals surface area contributed by atoms with Gasteiger partial charge >= 0.3 is 0 Å². The lowest BCUT2D eigenvalue weighted by atomic mass is 10.2. The molecular weight excluding hydrogens is 244 g/mol. The zero-order valence-corrected chi connectivity index (χ0v) is 12.1. The Morgan fingerprint density at radius 3 is 2.78 bits per heavy atom. The summed E-state index contributed by atoms with van der Waals surface area (Å²) in [5.41, 5.74) is 2.42. The van der Waals surface area contributed by atoms with Crippen LogP contribution in [-0.4, -0.2) is 20.1 Å². The van der Waals surface area contributed by atoms with E-state index in [2.05, 4.69) is 42.4 Å². The van der Waals surface area contributed by atoms with Crippen molar-refractivity contribution in [3.8, 4) is 0 Å². The average Bonchev–Trinajstić information content (AvgIpc) is 3.13. The molecule has 0 radical (unpaired) electrons. The van der Waals surface area contributed by atoms with Crippen molar-refractivity contribution in [1.82, 2.24) is 5.32 Å². The van der Waals surface area contributed by atoms with E-state index in [4.69, 9.17) is 11.6 Å². The minimum Gasteiger partial charge on any atom is -0.373 e. The van der Waals surface area contributed by atoms with E-state index < -0.39 is 0 Å². The Labute approximate surface area is 115 Å². The first-order chi connectivity index (χ1) is 8.70. The smallest absolute Gasteiger partial charge is 0.0642 e. The molecule has 1 fully saturated rings. The molecule has 0 unspecified atom stereocenters. The molecule has 2 rings (SSSR count). The lowest BCUT2D eigenvalue weighted by Crippen LogP contribution is -2.20. The molecule has 0 aromatic heterocycles. The SMILES string of the molecule is CCCNCc1ccc(N(C)CC2CC2)c(Cl)c1. The Morgan fingerprint density at radius 2 is 2.17 bits per heavy atom. The number of benzene rings is 1. The molecule has 2 nitrogen and oxygen atoms in total. The largest absolute Gasteiger partial charge is 0.373 e. The van der Waals surface area contributed by atoms with E-state index in [9.17, 15) is 0 Å². The number of halogens is 1. The van der Waals surface area contributed by atoms with E-state index in [0.29, 0.717) is 0 Å². The molecule has 1 aliphatic rings. The molecule has 0 heterocycles. The topological polar surface area (TPSA) is 15.3 Å². The molecule has 1 aliphatic carbocycles. The first-order valence-corrected chi connectivity index (χ1v) is 7.28. The van der Waals surface area contributed by atoms with Crippen molar-refractivity contribution in [2.75, 3.05) is 25.0 Å². The fourth-order valence-electron chi connectivity index (χ4n) is 2.17. The van der Waals surface area contributed by atoms with Crippen LogP contribution < -0.4 is 10.2 Å². The molecule has 1 N–H and O–H groups in total. The number of nitrogens with zero attached hydrogens (tertiary/aromatic N) is 1. The molecule has 100 valence electrons. The highest BCUT2D eigenvalue weighted by atomic mass is 35.5. The van der Waals surface area contributed by atoms with Crippen molar-refractivity contribution in [2.24, 2.45) is 5.92 Å². The summed E-state index contributed by atoms with van der Waals surface area (Å²) in [7, 11) is 2.13. The van der Waals surface area contributed by atoms with Gasteiger partial charge in [0, 0.05) is 20.1 Å². The molecule has 3 heteroatoms. The van der Waals surface area contributed by atoms with Gasteiger partial charge in [0.15, 0.2) is 0 Å². The third-order valence-electron chi connectivity index (χ3n) is 3.41. The zero-order chi connectivity index (χ0) is 13.0. The van der Waals surface area contributed by atoms with E-state index in [-0.39, 0.29) is 0 Å². The first-order valence-electron chi connectivity index (χ1n) is 6.91. The molecule has 1 aromatic carbocycles. The minimum absolute atomic E-state index is 0.869. The first kappa shape index (κ1) is 13.7. The third-order valence-corrected chi connectivity index (χ3v) is 3.71. The molecule has 0 aliphatic heterocycles. The maximum atomic E-state index is 6.37. The zero-order valence-electron chi connectivity index (χ0n) is 11.4. The van der Waals surface area contributed by atoms with Gasteiger partial charge in [-0.05, 0) is 49.4 Å². The van der Waals surface area contributed by atoms with Gasteiger partial charge in [-0.25, -0.2) is 0 Å². The fraction of sp³-hybridized carbons (Fsp3) is 0.600. The Bertz CT molecular complexity index is 388. The van der Waals surface area contributed by atoms with Gasteiger partial charge in [-0.15, -0.1) is 0 Å². The maximum absolute atomic E-state index is 6.37. The van der Waals surface area contributed by atoms with E-state index in [1.54, 1.807) is 0 Å². The normalized spacial score (nSPS) is 14.8. The summed E-state index contributed by atoms with van der Waals surface area (Å²) in [6.07, 6.45) is 3.91. The van der Waals surface area contributed by atoms with Crippen LogP contribution in [0.2, 0.25) is 5.02 Å². The molecule has 0 atom stereocenters. The van der Waals surface area contributed by atoms with Gasteiger partial charge in [-0.2, -0.15) is 0 Å². The van der Waals surface area contributed by atoms with Crippen LogP contribution in [0.4, 0.5) is 5.69 Å². The van der Waals surface area contributed by atoms with Gasteiger partial charge in [0.05, 0.1) is 10.7 Å². The van der Waals surface area contributed by atoms with E-state index in [1.807, 2.05) is 0 Å². The summed E-state index contributed by atoms with van der Waals surface area (Å²) in [5.74, 6) is 0.886. The third kappa shape index (κ3) is 3.89. The van der Waals surface area contributed by atoms with Gasteiger partial charge in [0.2, 0.25) is 0 Å². The summed E-state index contributed by atoms with van der Waals surface area (Å²) in [5, 5.41) is 4.27. The molecule has 18 heavy (non-hydrogen) atoms. The van der Waals surface area contributed by atoms with Crippen molar-refractivity contribution >= 4 is 17.3 Å². The second-order valence-corrected chi connectivity index (χ2v) is 5.69. The highest BCUT2D eigenvalue weighted by Crippen LogP contribution is 2.33. The number of anilines is 1. The Hall–Kier alpha value is -0.730. The van der Waals surface area contributed by atoms with Crippen molar-refractivity contribution < 1.29 is 0 Å². The van der Waals surface area contributed by atoms with Crippen molar-refractivity contribution in [3.63, 3.8) is 0 Å². The Balaban J connectivity index is 1.95. The summed E-state index contributed by atoms with van der Waals surface area (Å²) in [6.45, 7) is 5.27. The van der Waals surface area contributed by atoms with Crippen LogP contribution in [0.15, 0.2) is 18.2 Å². The van der Waals surface area contributed by atoms with Crippen LogP contribution >= 0.6 is 11.6 Å². The molecule has 1 saturated carbocycles. The standard InChI is InChI=1S/C15H23ClN2/c1-3-8-17-10-13-6-7-15(14(16)9-13)18(2)11-12-4-5-12/h6-7,9,12,17H,3-5,8,10-11H2,1-2H3. The minimum atomic E-state index is 0.869. The second-order valence-electron chi connectivity index (χ2n) is 5.29. The van der Waals surface area contributed by atoms with Crippen LogP contribution in [0.25, 0.3) is 0 Å². The van der Waals surface area contributed by atoms with E-state index in [0.717, 1.165) is 42.7 Å². The Morgan fingerprint density at radius 1 is 1.39 bits per heavy atom. The Kier molecular flexibility index (Phi) is 4.90. The summed E-state index contributed by atoms with van der Waals surface area (Å²) < 4.78 is 0. The van der Waals surface area contributed by atoms with Gasteiger partial charge in [0.25, 0.3) is 0 Å². The number of rotatable bonds is 7. The number of nitrogens with one attached hydrogen (secondary N) is 1. The van der Waals surface area contributed by atoms with Gasteiger partial charge in [-0.3, -0.25) is 0 Å². The molecule has 0 saturated heterocycles. The molecule has 1 aromatic rings. The van der Waals surface area contributed by atoms with Gasteiger partial charge < -0.3 is 10.2 Å². The van der Waals surface area contributed by atoms with Crippen LogP contribution in [0.3, 0.4) is 0 Å². The molecular formula is C15H23ClN2. The molecule has 0 bridgehead atoms. The van der Waals surface area contributed by atoms with Gasteiger partial charge in [-0.1, -0.05) is 24.6 Å². The average molecular weight is 267 g/mol. The van der Waals surface area contributed by atoms with Crippen LogP contribution in [0, 0.1) is 5.92 Å². The predicted octanol–water partition coefficient (Wildman–Crippen LogP) is 3.69. The van der Waals surface area contributed by atoms with Crippen molar-refractivity contribution in [1.29, 1.82) is 0 Å². The number of hydrogen-bond acceptors (Lipinski definition) is 2.